The summed E-state index contributed by atoms with van der Waals surface area (Å²) in [4.78, 5) is 0. The molecule has 1 heteroatoms. The fourth-order valence-electron chi connectivity index (χ4n) is 4.36. The summed E-state index contributed by atoms with van der Waals surface area (Å²) in [6, 6.07) is 35.0. The van der Waals surface area contributed by atoms with Gasteiger partial charge in [0, 0.05) is 5.56 Å². The highest BCUT2D eigenvalue weighted by atomic mass is 16.3. The zero-order valence-electron chi connectivity index (χ0n) is 15.0. The first-order valence-corrected chi connectivity index (χ1v) is 9.32. The average Bonchev–Trinajstić information content (AvgIpc) is 2.75. The molecular weight excluding hydrogens is 328 g/mol. The van der Waals surface area contributed by atoms with Crippen LogP contribution in [0.3, 0.4) is 0 Å². The lowest BCUT2D eigenvalue weighted by atomic mass is 9.70. The van der Waals surface area contributed by atoms with E-state index in [9.17, 15) is 5.11 Å². The third-order valence-corrected chi connectivity index (χ3v) is 5.60. The Balaban J connectivity index is 1.84. The molecule has 0 fully saturated rings. The molecule has 0 heterocycles. The molecule has 0 radical (unpaired) electrons. The van der Waals surface area contributed by atoms with Gasteiger partial charge in [0.1, 0.15) is 5.60 Å². The Morgan fingerprint density at radius 2 is 1.00 bits per heavy atom. The Morgan fingerprint density at radius 3 is 1.63 bits per heavy atom. The average molecular weight is 348 g/mol. The predicted octanol–water partition coefficient (Wildman–Crippen LogP) is 5.54. The highest BCUT2D eigenvalue weighted by molar-refractivity contribution is 5.72. The first kappa shape index (κ1) is 16.0. The van der Waals surface area contributed by atoms with Gasteiger partial charge in [-0.25, -0.2) is 0 Å². The SMILES string of the molecule is OC1(c2ccccc2-c2ccccc2)c2ccccc2Cc2ccccc21. The molecule has 0 bridgehead atoms. The van der Waals surface area contributed by atoms with Crippen LogP contribution < -0.4 is 0 Å². The zero-order chi connectivity index (χ0) is 18.3. The van der Waals surface area contributed by atoms with Crippen LogP contribution in [0, 0.1) is 0 Å². The van der Waals surface area contributed by atoms with Crippen molar-refractivity contribution in [2.45, 2.75) is 12.0 Å². The minimum atomic E-state index is -1.17. The number of hydrogen-bond acceptors (Lipinski definition) is 1. The summed E-state index contributed by atoms with van der Waals surface area (Å²) in [6.45, 7) is 0. The van der Waals surface area contributed by atoms with Crippen LogP contribution in [0.4, 0.5) is 0 Å². The number of fused-ring (bicyclic) bond motifs is 2. The lowest BCUT2D eigenvalue weighted by Gasteiger charge is -2.38. The van der Waals surface area contributed by atoms with E-state index in [2.05, 4.69) is 60.7 Å². The first-order chi connectivity index (χ1) is 13.3. The van der Waals surface area contributed by atoms with Crippen LogP contribution in [0.15, 0.2) is 103 Å². The van der Waals surface area contributed by atoms with Crippen molar-refractivity contribution in [2.75, 3.05) is 0 Å². The topological polar surface area (TPSA) is 20.2 Å². The van der Waals surface area contributed by atoms with Crippen molar-refractivity contribution in [1.29, 1.82) is 0 Å². The van der Waals surface area contributed by atoms with E-state index in [1.165, 1.54) is 11.1 Å². The van der Waals surface area contributed by atoms with Gasteiger partial charge in [-0.05, 0) is 39.8 Å². The van der Waals surface area contributed by atoms with Gasteiger partial charge in [0.15, 0.2) is 0 Å². The van der Waals surface area contributed by atoms with Crippen LogP contribution in [0.1, 0.15) is 27.8 Å². The molecule has 0 unspecified atom stereocenters. The van der Waals surface area contributed by atoms with Crippen LogP contribution >= 0.6 is 0 Å². The van der Waals surface area contributed by atoms with E-state index in [1.807, 2.05) is 42.5 Å². The van der Waals surface area contributed by atoms with Crippen LogP contribution in [-0.2, 0) is 12.0 Å². The molecule has 1 N–H and O–H groups in total. The molecule has 0 saturated heterocycles. The van der Waals surface area contributed by atoms with Crippen LogP contribution in [0.5, 0.6) is 0 Å². The molecule has 0 spiro atoms. The molecule has 1 nitrogen and oxygen atoms in total. The Bertz CT molecular complexity index is 1070. The summed E-state index contributed by atoms with van der Waals surface area (Å²) in [5, 5.41) is 12.3. The third kappa shape index (κ3) is 2.43. The summed E-state index contributed by atoms with van der Waals surface area (Å²) >= 11 is 0. The fourth-order valence-corrected chi connectivity index (χ4v) is 4.36. The standard InChI is InChI=1S/C26H20O/c27-26(25-17-9-6-14-22(25)19-10-2-1-3-11-19)23-15-7-4-12-20(23)18-21-13-5-8-16-24(21)26/h1-17,27H,18H2. The summed E-state index contributed by atoms with van der Waals surface area (Å²) in [5.74, 6) is 0. The predicted molar refractivity (Wildman–Crippen MR) is 110 cm³/mol. The maximum Gasteiger partial charge on any atom is 0.141 e. The van der Waals surface area contributed by atoms with Crippen molar-refractivity contribution in [3.05, 3.63) is 131 Å². The van der Waals surface area contributed by atoms with Gasteiger partial charge >= 0.3 is 0 Å². The van der Waals surface area contributed by atoms with E-state index in [0.717, 1.165) is 34.2 Å². The molecular formula is C26H20O. The first-order valence-electron chi connectivity index (χ1n) is 9.32. The maximum atomic E-state index is 12.3. The molecule has 130 valence electrons. The summed E-state index contributed by atoms with van der Waals surface area (Å²) in [6.07, 6.45) is 0.849. The van der Waals surface area contributed by atoms with E-state index in [1.54, 1.807) is 0 Å². The quantitative estimate of drug-likeness (QED) is 0.504. The van der Waals surface area contributed by atoms with Gasteiger partial charge in [-0.15, -0.1) is 0 Å². The van der Waals surface area contributed by atoms with Crippen molar-refractivity contribution < 1.29 is 5.11 Å². The Kier molecular flexibility index (Phi) is 3.70. The van der Waals surface area contributed by atoms with Crippen molar-refractivity contribution in [1.82, 2.24) is 0 Å². The lowest BCUT2D eigenvalue weighted by Crippen LogP contribution is -2.35. The zero-order valence-corrected chi connectivity index (χ0v) is 15.0. The molecule has 0 aliphatic heterocycles. The molecule has 5 rings (SSSR count). The van der Waals surface area contributed by atoms with Gasteiger partial charge in [-0.3, -0.25) is 0 Å². The van der Waals surface area contributed by atoms with E-state index in [4.69, 9.17) is 0 Å². The van der Waals surface area contributed by atoms with Gasteiger partial charge < -0.3 is 5.11 Å². The molecule has 0 atom stereocenters. The van der Waals surface area contributed by atoms with Crippen LogP contribution in [0.2, 0.25) is 0 Å². The van der Waals surface area contributed by atoms with Gasteiger partial charge in [0.05, 0.1) is 0 Å². The highest BCUT2D eigenvalue weighted by Crippen LogP contribution is 2.47. The van der Waals surface area contributed by atoms with Gasteiger partial charge in [-0.1, -0.05) is 103 Å². The Labute approximate surface area is 159 Å². The number of benzene rings is 4. The third-order valence-electron chi connectivity index (χ3n) is 5.60. The van der Waals surface area contributed by atoms with E-state index < -0.39 is 5.60 Å². The van der Waals surface area contributed by atoms with Crippen molar-refractivity contribution in [2.24, 2.45) is 0 Å². The van der Waals surface area contributed by atoms with Crippen LogP contribution in [0.25, 0.3) is 11.1 Å². The molecule has 1 aliphatic rings. The van der Waals surface area contributed by atoms with Crippen molar-refractivity contribution >= 4 is 0 Å². The molecule has 0 saturated carbocycles. The largest absolute Gasteiger partial charge is 0.376 e. The molecule has 4 aromatic carbocycles. The minimum absolute atomic E-state index is 0.849. The second kappa shape index (κ2) is 6.22. The second-order valence-corrected chi connectivity index (χ2v) is 7.11. The van der Waals surface area contributed by atoms with Crippen LogP contribution in [-0.4, -0.2) is 5.11 Å². The summed E-state index contributed by atoms with van der Waals surface area (Å²) in [7, 11) is 0. The number of aliphatic hydroxyl groups is 1. The smallest absolute Gasteiger partial charge is 0.141 e. The van der Waals surface area contributed by atoms with Gasteiger partial charge in [-0.2, -0.15) is 0 Å². The lowest BCUT2D eigenvalue weighted by molar-refractivity contribution is 0.122. The normalized spacial score (nSPS) is 14.3. The number of hydrogen-bond donors (Lipinski definition) is 1. The van der Waals surface area contributed by atoms with E-state index >= 15 is 0 Å². The number of rotatable bonds is 2. The highest BCUT2D eigenvalue weighted by Gasteiger charge is 2.41. The monoisotopic (exact) mass is 348 g/mol. The maximum absolute atomic E-state index is 12.3. The summed E-state index contributed by atoms with van der Waals surface area (Å²) < 4.78 is 0. The van der Waals surface area contributed by atoms with Crippen molar-refractivity contribution in [3.63, 3.8) is 0 Å². The van der Waals surface area contributed by atoms with Gasteiger partial charge in [0.2, 0.25) is 0 Å². The molecule has 1 aliphatic carbocycles. The van der Waals surface area contributed by atoms with Crippen molar-refractivity contribution in [3.8, 4) is 11.1 Å². The Hall–Kier alpha value is -3.16. The van der Waals surface area contributed by atoms with E-state index in [0.29, 0.717) is 0 Å². The molecule has 4 aromatic rings. The van der Waals surface area contributed by atoms with Gasteiger partial charge in [0.25, 0.3) is 0 Å². The molecule has 0 aromatic heterocycles. The van der Waals surface area contributed by atoms with E-state index in [-0.39, 0.29) is 0 Å². The molecule has 0 amide bonds. The Morgan fingerprint density at radius 1 is 0.519 bits per heavy atom. The molecule has 27 heavy (non-hydrogen) atoms. The summed E-state index contributed by atoms with van der Waals surface area (Å²) in [5.41, 5.74) is 6.25. The fraction of sp³-hybridized carbons (Fsp3) is 0.0769. The second-order valence-electron chi connectivity index (χ2n) is 7.11. The minimum Gasteiger partial charge on any atom is -0.376 e.